The van der Waals surface area contributed by atoms with Crippen molar-refractivity contribution in [1.82, 2.24) is 0 Å². The summed E-state index contributed by atoms with van der Waals surface area (Å²) in [6.45, 7) is 0. The first kappa shape index (κ1) is 4.60. The van der Waals surface area contributed by atoms with E-state index in [2.05, 4.69) is 37.2 Å². The third-order valence-electron chi connectivity index (χ3n) is 1.44. The summed E-state index contributed by atoms with van der Waals surface area (Å²) >= 11 is 5.96. The van der Waals surface area contributed by atoms with Crippen LogP contribution in [0.25, 0.3) is 0 Å². The molecule has 2 aromatic rings. The highest BCUT2D eigenvalue weighted by atomic mass is 79.9. The van der Waals surface area contributed by atoms with Gasteiger partial charge in [0, 0.05) is 20.3 Å². The lowest BCUT2D eigenvalue weighted by Gasteiger charge is -2.06. The van der Waals surface area contributed by atoms with Crippen molar-refractivity contribution < 1.29 is 11.0 Å². The fourth-order valence-electron chi connectivity index (χ4n) is 0.844. The fourth-order valence-corrected chi connectivity index (χ4v) is 1.24. The van der Waals surface area contributed by atoms with E-state index >= 15 is 0 Å². The smallest absolute Gasteiger partial charge is 0.0645 e. The van der Waals surface area contributed by atoms with Gasteiger partial charge in [0.2, 0.25) is 0 Å². The Hall–Kier alpha value is -0.800. The van der Waals surface area contributed by atoms with Gasteiger partial charge in [-0.15, -0.1) is 0 Å². The minimum absolute atomic E-state index is 0.00779. The van der Waals surface area contributed by atoms with E-state index < -0.39 is 0 Å². The Bertz CT molecular complexity index is 698. The second-order valence-corrected chi connectivity index (χ2v) is 4.09. The molecule has 1 nitrogen and oxygen atoms in total. The third-order valence-corrected chi connectivity index (χ3v) is 2.23. The van der Waals surface area contributed by atoms with Crippen molar-refractivity contribution in [1.29, 1.82) is 0 Å². The molecule has 2 rings (SSSR count). The molecule has 0 saturated carbocycles. The Labute approximate surface area is 117 Å². The Balaban J connectivity index is 2.71. The molecular weight excluding hydrogens is 318 g/mol. The largest absolute Gasteiger partial charge is 0.356 e. The van der Waals surface area contributed by atoms with Crippen LogP contribution in [0.5, 0.6) is 0 Å². The second kappa shape index (κ2) is 4.81. The highest BCUT2D eigenvalue weighted by molar-refractivity contribution is 9.10. The van der Waals surface area contributed by atoms with Crippen LogP contribution in [-0.4, -0.2) is 0 Å². The van der Waals surface area contributed by atoms with Crippen molar-refractivity contribution in [3.63, 3.8) is 0 Å². The van der Waals surface area contributed by atoms with Crippen LogP contribution in [0.15, 0.2) is 57.3 Å². The van der Waals surface area contributed by atoms with Crippen molar-refractivity contribution in [2.24, 2.45) is 0 Å². The number of nitrogens with one attached hydrogen (secondary N) is 1. The van der Waals surface area contributed by atoms with Crippen LogP contribution in [0.1, 0.15) is 11.0 Å². The van der Waals surface area contributed by atoms with Gasteiger partial charge in [-0.2, -0.15) is 0 Å². The van der Waals surface area contributed by atoms with Crippen LogP contribution in [0, 0.1) is 0 Å². The monoisotopic (exact) mass is 333 g/mol. The molecule has 0 unspecified atom stereocenters. The molecule has 1 N–H and O–H groups in total. The predicted molar refractivity (Wildman–Crippen MR) is 71.6 cm³/mol. The summed E-state index contributed by atoms with van der Waals surface area (Å²) in [5.41, 5.74) is -0.433. The van der Waals surface area contributed by atoms with Crippen molar-refractivity contribution in [2.75, 3.05) is 5.32 Å². The van der Waals surface area contributed by atoms with Crippen LogP contribution >= 0.6 is 31.9 Å². The maximum absolute atomic E-state index is 7.90. The Kier molecular flexibility index (Phi) is 1.48. The lowest BCUT2D eigenvalue weighted by atomic mass is 10.3. The van der Waals surface area contributed by atoms with Gasteiger partial charge >= 0.3 is 0 Å². The normalized spacial score (nSPS) is 17.5. The van der Waals surface area contributed by atoms with Gasteiger partial charge in [-0.1, -0.05) is 31.9 Å². The molecule has 0 fully saturated rings. The maximum Gasteiger partial charge on any atom is 0.0645 e. The Morgan fingerprint density at radius 1 is 0.733 bits per heavy atom. The summed E-state index contributed by atoms with van der Waals surface area (Å²) in [4.78, 5) is 0. The van der Waals surface area contributed by atoms with E-state index in [4.69, 9.17) is 11.0 Å². The minimum Gasteiger partial charge on any atom is -0.356 e. The fraction of sp³-hybridized carbons (Fsp3) is 0. The van der Waals surface area contributed by atoms with Crippen LogP contribution in [0.3, 0.4) is 0 Å². The molecule has 0 spiro atoms. The van der Waals surface area contributed by atoms with Crippen LogP contribution in [0.4, 0.5) is 11.4 Å². The van der Waals surface area contributed by atoms with Crippen molar-refractivity contribution >= 4 is 43.2 Å². The predicted octanol–water partition coefficient (Wildman–Crippen LogP) is 4.96. The molecule has 0 aromatic heterocycles. The van der Waals surface area contributed by atoms with Gasteiger partial charge in [0.25, 0.3) is 0 Å². The Morgan fingerprint density at radius 3 is 1.40 bits per heavy atom. The molecule has 76 valence electrons. The van der Waals surface area contributed by atoms with Gasteiger partial charge in [-0.3, -0.25) is 0 Å². The van der Waals surface area contributed by atoms with Crippen molar-refractivity contribution in [2.45, 2.75) is 0 Å². The number of hydrogen-bond acceptors (Lipinski definition) is 1. The number of anilines is 2. The molecule has 0 aliphatic heterocycles. The lowest BCUT2D eigenvalue weighted by Crippen LogP contribution is -1.88. The molecular formula is C12H9Br2N. The van der Waals surface area contributed by atoms with Crippen molar-refractivity contribution in [3.05, 3.63) is 57.3 Å². The third kappa shape index (κ3) is 3.08. The first-order valence-electron chi connectivity index (χ1n) is 7.88. The van der Waals surface area contributed by atoms with E-state index in [9.17, 15) is 0 Å². The first-order valence-corrected chi connectivity index (χ1v) is 5.46. The molecule has 2 aromatic carbocycles. The van der Waals surface area contributed by atoms with Gasteiger partial charge in [-0.25, -0.2) is 0 Å². The standard InChI is InChI=1S/C12H9Br2N/c13-9-1-5-11(6-2-9)15-12-7-3-10(14)4-8-12/h1-8,15H/i1D,2D,3D,4D,5D,6D,7D,8D. The zero-order valence-corrected chi connectivity index (χ0v) is 10.4. The second-order valence-electron chi connectivity index (χ2n) is 2.50. The van der Waals surface area contributed by atoms with E-state index in [1.54, 1.807) is 0 Å². The topological polar surface area (TPSA) is 12.0 Å². The number of hydrogen-bond donors (Lipinski definition) is 1. The molecule has 3 heteroatoms. The van der Waals surface area contributed by atoms with E-state index in [0.717, 1.165) is 0 Å². The number of halogens is 2. The van der Waals surface area contributed by atoms with E-state index in [1.807, 2.05) is 0 Å². The summed E-state index contributed by atoms with van der Waals surface area (Å²) < 4.78 is 62.7. The quantitative estimate of drug-likeness (QED) is 0.818. The summed E-state index contributed by atoms with van der Waals surface area (Å²) in [5.74, 6) is 0. The average molecular weight is 335 g/mol. The zero-order valence-electron chi connectivity index (χ0n) is 15.3. The number of rotatable bonds is 2. The summed E-state index contributed by atoms with van der Waals surface area (Å²) in [5, 5.41) is 2.52. The lowest BCUT2D eigenvalue weighted by molar-refractivity contribution is 1.53. The minimum atomic E-state index is -0.377. The molecule has 0 atom stereocenters. The summed E-state index contributed by atoms with van der Waals surface area (Å²) in [6, 6.07) is -2.73. The molecule has 0 radical (unpaired) electrons. The molecule has 0 bridgehead atoms. The average Bonchev–Trinajstić information content (AvgIpc) is 2.54. The van der Waals surface area contributed by atoms with Crippen LogP contribution < -0.4 is 5.32 Å². The van der Waals surface area contributed by atoms with Crippen molar-refractivity contribution in [3.8, 4) is 0 Å². The van der Waals surface area contributed by atoms with Crippen LogP contribution in [0.2, 0.25) is 0 Å². The molecule has 0 amide bonds. The zero-order chi connectivity index (χ0) is 17.6. The number of benzene rings is 2. The highest BCUT2D eigenvalue weighted by Crippen LogP contribution is 2.20. The summed E-state index contributed by atoms with van der Waals surface area (Å²) in [6.07, 6.45) is 0. The highest BCUT2D eigenvalue weighted by Gasteiger charge is 1.94. The summed E-state index contributed by atoms with van der Waals surface area (Å²) in [7, 11) is 0. The van der Waals surface area contributed by atoms with Gasteiger partial charge in [-0.05, 0) is 48.3 Å². The molecule has 0 aliphatic rings. The van der Waals surface area contributed by atoms with Gasteiger partial charge < -0.3 is 5.32 Å². The van der Waals surface area contributed by atoms with Gasteiger partial charge in [0.05, 0.1) is 11.0 Å². The molecule has 0 saturated heterocycles. The van der Waals surface area contributed by atoms with Crippen LogP contribution in [-0.2, 0) is 0 Å². The van der Waals surface area contributed by atoms with Gasteiger partial charge in [0.1, 0.15) is 0 Å². The van der Waals surface area contributed by atoms with E-state index in [1.165, 1.54) is 0 Å². The molecule has 0 heterocycles. The maximum atomic E-state index is 7.90. The van der Waals surface area contributed by atoms with Gasteiger partial charge in [0.15, 0.2) is 0 Å². The molecule has 15 heavy (non-hydrogen) atoms. The SMILES string of the molecule is [2H]c1c([2H])c(Nc2c([2H])c([2H])c(Br)c([2H])c2[2H])c([2H])c([2H])c1Br. The van der Waals surface area contributed by atoms with E-state index in [0.29, 0.717) is 0 Å². The first-order chi connectivity index (χ1) is 10.6. The molecule has 0 aliphatic carbocycles. The van der Waals surface area contributed by atoms with E-state index in [-0.39, 0.29) is 68.7 Å². The Morgan fingerprint density at radius 2 is 1.07 bits per heavy atom.